The Hall–Kier alpha value is -3.80. The second-order valence-corrected chi connectivity index (χ2v) is 7.11. The van der Waals surface area contributed by atoms with E-state index >= 15 is 0 Å². The van der Waals surface area contributed by atoms with Gasteiger partial charge in [-0.15, -0.1) is 5.10 Å². The van der Waals surface area contributed by atoms with Crippen molar-refractivity contribution in [3.63, 3.8) is 0 Å². The standard InChI is InChI=1S/C24H22N4O2/c29-23(15-16-28-24(30)21-13-7-8-14-22(21)25-26-28)27(17-19-9-3-1-4-10-19)18-20-11-5-2-6-12-20/h1-14H,15-18H2. The van der Waals surface area contributed by atoms with Crippen molar-refractivity contribution in [3.05, 3.63) is 106 Å². The lowest BCUT2D eigenvalue weighted by molar-refractivity contribution is -0.132. The van der Waals surface area contributed by atoms with Gasteiger partial charge in [0.1, 0.15) is 5.52 Å². The van der Waals surface area contributed by atoms with E-state index < -0.39 is 0 Å². The van der Waals surface area contributed by atoms with Gasteiger partial charge in [0.25, 0.3) is 5.56 Å². The molecule has 0 aliphatic heterocycles. The predicted molar refractivity (Wildman–Crippen MR) is 116 cm³/mol. The molecule has 0 saturated heterocycles. The minimum absolute atomic E-state index is 0.0374. The molecule has 0 aliphatic rings. The Morgan fingerprint density at radius 3 is 2.00 bits per heavy atom. The highest BCUT2D eigenvalue weighted by Gasteiger charge is 2.16. The van der Waals surface area contributed by atoms with Crippen LogP contribution in [-0.4, -0.2) is 25.8 Å². The van der Waals surface area contributed by atoms with E-state index in [1.165, 1.54) is 4.68 Å². The molecular formula is C24H22N4O2. The van der Waals surface area contributed by atoms with Crippen molar-refractivity contribution in [3.8, 4) is 0 Å². The van der Waals surface area contributed by atoms with Crippen molar-refractivity contribution >= 4 is 16.8 Å². The van der Waals surface area contributed by atoms with Crippen LogP contribution in [0.2, 0.25) is 0 Å². The van der Waals surface area contributed by atoms with Gasteiger partial charge in [-0.2, -0.15) is 0 Å². The number of amides is 1. The molecule has 150 valence electrons. The monoisotopic (exact) mass is 398 g/mol. The Morgan fingerprint density at radius 2 is 1.37 bits per heavy atom. The van der Waals surface area contributed by atoms with E-state index in [0.29, 0.717) is 24.0 Å². The molecule has 0 N–H and O–H groups in total. The van der Waals surface area contributed by atoms with Crippen LogP contribution in [0.3, 0.4) is 0 Å². The summed E-state index contributed by atoms with van der Waals surface area (Å²) in [6, 6.07) is 26.9. The van der Waals surface area contributed by atoms with Gasteiger partial charge in [-0.25, -0.2) is 4.68 Å². The van der Waals surface area contributed by atoms with E-state index in [-0.39, 0.29) is 24.4 Å². The molecule has 0 spiro atoms. The minimum Gasteiger partial charge on any atom is -0.334 e. The van der Waals surface area contributed by atoms with E-state index in [1.807, 2.05) is 71.6 Å². The lowest BCUT2D eigenvalue weighted by atomic mass is 10.1. The van der Waals surface area contributed by atoms with Gasteiger partial charge in [-0.3, -0.25) is 9.59 Å². The molecule has 0 saturated carbocycles. The molecule has 1 aromatic heterocycles. The quantitative estimate of drug-likeness (QED) is 0.478. The van der Waals surface area contributed by atoms with Crippen LogP contribution < -0.4 is 5.56 Å². The predicted octanol–water partition coefficient (Wildman–Crippen LogP) is 3.41. The van der Waals surface area contributed by atoms with Crippen molar-refractivity contribution < 1.29 is 4.79 Å². The normalized spacial score (nSPS) is 10.8. The summed E-state index contributed by atoms with van der Waals surface area (Å²) in [5.41, 5.74) is 2.44. The first kappa shape index (κ1) is 19.5. The van der Waals surface area contributed by atoms with Crippen molar-refractivity contribution in [2.45, 2.75) is 26.1 Å². The first-order valence-corrected chi connectivity index (χ1v) is 9.89. The average Bonchev–Trinajstić information content (AvgIpc) is 2.79. The van der Waals surface area contributed by atoms with Crippen LogP contribution in [0.1, 0.15) is 17.5 Å². The van der Waals surface area contributed by atoms with Crippen LogP contribution in [-0.2, 0) is 24.4 Å². The van der Waals surface area contributed by atoms with Crippen LogP contribution in [0.25, 0.3) is 10.9 Å². The third-order valence-electron chi connectivity index (χ3n) is 4.95. The molecule has 6 nitrogen and oxygen atoms in total. The fourth-order valence-electron chi connectivity index (χ4n) is 3.37. The number of nitrogens with zero attached hydrogens (tertiary/aromatic N) is 4. The highest BCUT2D eigenvalue weighted by Crippen LogP contribution is 2.12. The Balaban J connectivity index is 1.51. The first-order valence-electron chi connectivity index (χ1n) is 9.89. The Morgan fingerprint density at radius 1 is 0.800 bits per heavy atom. The number of hydrogen-bond donors (Lipinski definition) is 0. The van der Waals surface area contributed by atoms with Gasteiger partial charge < -0.3 is 4.90 Å². The van der Waals surface area contributed by atoms with E-state index in [4.69, 9.17) is 0 Å². The summed E-state index contributed by atoms with van der Waals surface area (Å²) in [5.74, 6) is -0.0374. The summed E-state index contributed by atoms with van der Waals surface area (Å²) in [6.07, 6.45) is 0.173. The molecule has 0 atom stereocenters. The largest absolute Gasteiger partial charge is 0.334 e. The molecule has 0 bridgehead atoms. The second-order valence-electron chi connectivity index (χ2n) is 7.11. The molecule has 0 unspecified atom stereocenters. The fourth-order valence-corrected chi connectivity index (χ4v) is 3.37. The van der Waals surface area contributed by atoms with Crippen molar-refractivity contribution in [1.29, 1.82) is 0 Å². The summed E-state index contributed by atoms with van der Waals surface area (Å²) in [5, 5.41) is 8.58. The van der Waals surface area contributed by atoms with Crippen molar-refractivity contribution in [1.82, 2.24) is 19.9 Å². The lowest BCUT2D eigenvalue weighted by Crippen LogP contribution is -2.32. The van der Waals surface area contributed by atoms with Crippen molar-refractivity contribution in [2.24, 2.45) is 0 Å². The van der Waals surface area contributed by atoms with Crippen LogP contribution in [0.4, 0.5) is 0 Å². The molecule has 1 heterocycles. The summed E-state index contributed by atoms with van der Waals surface area (Å²) < 4.78 is 1.27. The summed E-state index contributed by atoms with van der Waals surface area (Å²) >= 11 is 0. The number of carbonyl (C=O) groups is 1. The van der Waals surface area contributed by atoms with Gasteiger partial charge in [0.15, 0.2) is 0 Å². The van der Waals surface area contributed by atoms with Gasteiger partial charge in [-0.05, 0) is 23.3 Å². The third-order valence-corrected chi connectivity index (χ3v) is 4.95. The van der Waals surface area contributed by atoms with E-state index in [1.54, 1.807) is 18.2 Å². The summed E-state index contributed by atoms with van der Waals surface area (Å²) in [6.45, 7) is 1.20. The molecule has 4 aromatic rings. The zero-order chi connectivity index (χ0) is 20.8. The lowest BCUT2D eigenvalue weighted by Gasteiger charge is -2.23. The second kappa shape index (κ2) is 9.13. The number of carbonyl (C=O) groups excluding carboxylic acids is 1. The Kier molecular flexibility index (Phi) is 5.94. The molecule has 1 amide bonds. The highest BCUT2D eigenvalue weighted by molar-refractivity contribution is 5.77. The van der Waals surface area contributed by atoms with Gasteiger partial charge in [0.2, 0.25) is 5.91 Å². The van der Waals surface area contributed by atoms with Crippen molar-refractivity contribution in [2.75, 3.05) is 0 Å². The topological polar surface area (TPSA) is 68.1 Å². The van der Waals surface area contributed by atoms with Gasteiger partial charge in [0, 0.05) is 19.5 Å². The number of aromatic nitrogens is 3. The summed E-state index contributed by atoms with van der Waals surface area (Å²) in [4.78, 5) is 27.5. The van der Waals surface area contributed by atoms with Gasteiger partial charge >= 0.3 is 0 Å². The SMILES string of the molecule is O=C(CCn1nnc2ccccc2c1=O)N(Cc1ccccc1)Cc1ccccc1. The molecule has 4 rings (SSSR count). The van der Waals surface area contributed by atoms with Crippen LogP contribution in [0, 0.1) is 0 Å². The number of fused-ring (bicyclic) bond motifs is 1. The summed E-state index contributed by atoms with van der Waals surface area (Å²) in [7, 11) is 0. The molecule has 0 radical (unpaired) electrons. The molecule has 30 heavy (non-hydrogen) atoms. The number of hydrogen-bond acceptors (Lipinski definition) is 4. The van der Waals surface area contributed by atoms with Gasteiger partial charge in [-0.1, -0.05) is 78.0 Å². The third kappa shape index (κ3) is 4.60. The molecule has 0 fully saturated rings. The van der Waals surface area contributed by atoms with Crippen LogP contribution in [0.15, 0.2) is 89.7 Å². The zero-order valence-corrected chi connectivity index (χ0v) is 16.5. The number of rotatable bonds is 7. The zero-order valence-electron chi connectivity index (χ0n) is 16.5. The average molecular weight is 398 g/mol. The van der Waals surface area contributed by atoms with E-state index in [2.05, 4.69) is 10.3 Å². The van der Waals surface area contributed by atoms with Gasteiger partial charge in [0.05, 0.1) is 11.9 Å². The van der Waals surface area contributed by atoms with Crippen LogP contribution >= 0.6 is 0 Å². The highest BCUT2D eigenvalue weighted by atomic mass is 16.2. The Labute approximate surface area is 174 Å². The van der Waals surface area contributed by atoms with Crippen LogP contribution in [0.5, 0.6) is 0 Å². The van der Waals surface area contributed by atoms with E-state index in [9.17, 15) is 9.59 Å². The minimum atomic E-state index is -0.230. The molecular weight excluding hydrogens is 376 g/mol. The molecule has 0 aliphatic carbocycles. The molecule has 3 aromatic carbocycles. The number of aryl methyl sites for hydroxylation is 1. The maximum atomic E-state index is 13.1. The smallest absolute Gasteiger partial charge is 0.277 e. The van der Waals surface area contributed by atoms with E-state index in [0.717, 1.165) is 11.1 Å². The first-order chi connectivity index (χ1) is 14.7. The maximum absolute atomic E-state index is 13.1. The Bertz CT molecular complexity index is 1150. The maximum Gasteiger partial charge on any atom is 0.277 e. The molecule has 6 heteroatoms. The number of benzene rings is 3. The fraction of sp³-hybridized carbons (Fsp3) is 0.167.